The number of imide groups is 1. The van der Waals surface area contributed by atoms with Crippen LogP contribution in [0.25, 0.3) is 0 Å². The quantitative estimate of drug-likeness (QED) is 0.414. The predicted octanol–water partition coefficient (Wildman–Crippen LogP) is 0.430. The van der Waals surface area contributed by atoms with Gasteiger partial charge in [-0.05, 0) is 32.9 Å². The van der Waals surface area contributed by atoms with Gasteiger partial charge in [0.05, 0.1) is 17.7 Å². The van der Waals surface area contributed by atoms with Gasteiger partial charge in [-0.3, -0.25) is 24.1 Å². The Balaban J connectivity index is 1.61. The zero-order chi connectivity index (χ0) is 22.3. The van der Waals surface area contributed by atoms with Crippen molar-refractivity contribution in [2.45, 2.75) is 32.8 Å². The van der Waals surface area contributed by atoms with Crippen LogP contribution in [-0.4, -0.2) is 66.4 Å². The van der Waals surface area contributed by atoms with Gasteiger partial charge in [0.25, 0.3) is 11.8 Å². The molecule has 0 saturated carbocycles. The molecule has 0 radical (unpaired) electrons. The molecule has 1 aromatic rings. The summed E-state index contributed by atoms with van der Waals surface area (Å²) in [5.74, 6) is -1.60. The van der Waals surface area contributed by atoms with Crippen molar-refractivity contribution >= 4 is 29.7 Å². The molecule has 3 N–H and O–H groups in total. The predicted molar refractivity (Wildman–Crippen MR) is 107 cm³/mol. The molecular formula is C20H26N4O6. The number of carbonyl (C=O) groups is 5. The Kier molecular flexibility index (Phi) is 7.51. The number of alkyl carbamates (subject to hydrolysis) is 1. The molecule has 5 amide bonds. The van der Waals surface area contributed by atoms with E-state index in [2.05, 4.69) is 16.0 Å². The van der Waals surface area contributed by atoms with Crippen molar-refractivity contribution in [3.05, 3.63) is 35.4 Å². The fraction of sp³-hybridized carbons (Fsp3) is 0.450. The highest BCUT2D eigenvalue weighted by Gasteiger charge is 2.34. The summed E-state index contributed by atoms with van der Waals surface area (Å²) < 4.78 is 5.01. The van der Waals surface area contributed by atoms with Gasteiger partial charge in [0, 0.05) is 26.1 Å². The van der Waals surface area contributed by atoms with Gasteiger partial charge in [0.2, 0.25) is 11.8 Å². The second-order valence-electron chi connectivity index (χ2n) is 7.61. The minimum absolute atomic E-state index is 0.0235. The summed E-state index contributed by atoms with van der Waals surface area (Å²) in [6.45, 7) is 5.19. The lowest BCUT2D eigenvalue weighted by Crippen LogP contribution is -2.42. The lowest BCUT2D eigenvalue weighted by molar-refractivity contribution is -0.122. The molecule has 0 spiro atoms. The molecule has 0 aromatic heterocycles. The molecule has 0 saturated heterocycles. The van der Waals surface area contributed by atoms with Gasteiger partial charge in [0.1, 0.15) is 5.60 Å². The lowest BCUT2D eigenvalue weighted by atomic mass is 10.1. The summed E-state index contributed by atoms with van der Waals surface area (Å²) in [5, 5.41) is 7.46. The maximum atomic E-state index is 12.2. The van der Waals surface area contributed by atoms with Crippen LogP contribution in [0.3, 0.4) is 0 Å². The Hall–Kier alpha value is -3.43. The Morgan fingerprint density at radius 2 is 1.43 bits per heavy atom. The molecule has 10 heteroatoms. The molecule has 2 rings (SSSR count). The standard InChI is InChI=1S/C20H26N4O6/c1-20(2,3)30-19(29)23-12-16(26)22-10-9-21-15(25)8-11-24-17(27)13-6-4-5-7-14(13)18(24)28/h4-7H,8-12H2,1-3H3,(H,21,25)(H,22,26)(H,23,29). The van der Waals surface area contributed by atoms with Gasteiger partial charge < -0.3 is 20.7 Å². The van der Waals surface area contributed by atoms with E-state index in [1.807, 2.05) is 0 Å². The van der Waals surface area contributed by atoms with E-state index in [4.69, 9.17) is 4.74 Å². The normalized spacial score (nSPS) is 13.0. The van der Waals surface area contributed by atoms with E-state index >= 15 is 0 Å². The van der Waals surface area contributed by atoms with E-state index in [0.717, 1.165) is 4.90 Å². The minimum Gasteiger partial charge on any atom is -0.444 e. The van der Waals surface area contributed by atoms with E-state index in [0.29, 0.717) is 11.1 Å². The summed E-state index contributed by atoms with van der Waals surface area (Å²) in [4.78, 5) is 60.6. The van der Waals surface area contributed by atoms with Gasteiger partial charge >= 0.3 is 6.09 Å². The van der Waals surface area contributed by atoms with Crippen LogP contribution < -0.4 is 16.0 Å². The van der Waals surface area contributed by atoms with Crippen molar-refractivity contribution in [2.75, 3.05) is 26.2 Å². The fourth-order valence-corrected chi connectivity index (χ4v) is 2.68. The molecule has 1 aliphatic heterocycles. The van der Waals surface area contributed by atoms with Crippen LogP contribution in [0.5, 0.6) is 0 Å². The molecule has 30 heavy (non-hydrogen) atoms. The first kappa shape index (κ1) is 22.9. The zero-order valence-electron chi connectivity index (χ0n) is 17.2. The maximum Gasteiger partial charge on any atom is 0.408 e. The number of amides is 5. The van der Waals surface area contributed by atoms with Crippen molar-refractivity contribution in [1.82, 2.24) is 20.9 Å². The Morgan fingerprint density at radius 1 is 0.900 bits per heavy atom. The monoisotopic (exact) mass is 418 g/mol. The van der Waals surface area contributed by atoms with Crippen molar-refractivity contribution in [3.63, 3.8) is 0 Å². The third-order valence-corrected chi connectivity index (χ3v) is 4.00. The number of nitrogens with one attached hydrogen (secondary N) is 3. The molecule has 1 aliphatic rings. The fourth-order valence-electron chi connectivity index (χ4n) is 2.68. The largest absolute Gasteiger partial charge is 0.444 e. The third-order valence-electron chi connectivity index (χ3n) is 4.00. The summed E-state index contributed by atoms with van der Waals surface area (Å²) in [7, 11) is 0. The number of carbonyl (C=O) groups excluding carboxylic acids is 5. The second-order valence-corrected chi connectivity index (χ2v) is 7.61. The summed E-state index contributed by atoms with van der Waals surface area (Å²) >= 11 is 0. The van der Waals surface area contributed by atoms with E-state index < -0.39 is 29.4 Å². The Bertz CT molecular complexity index is 811. The van der Waals surface area contributed by atoms with Crippen LogP contribution in [0, 0.1) is 0 Å². The molecule has 10 nitrogen and oxygen atoms in total. The summed E-state index contributed by atoms with van der Waals surface area (Å²) in [5.41, 5.74) is 0.0222. The van der Waals surface area contributed by atoms with Gasteiger partial charge in [-0.15, -0.1) is 0 Å². The first-order valence-corrected chi connectivity index (χ1v) is 9.54. The van der Waals surface area contributed by atoms with Gasteiger partial charge in [-0.1, -0.05) is 12.1 Å². The van der Waals surface area contributed by atoms with Crippen LogP contribution in [0.4, 0.5) is 4.79 Å². The zero-order valence-corrected chi connectivity index (χ0v) is 17.2. The number of hydrogen-bond donors (Lipinski definition) is 3. The Labute approximate surface area is 174 Å². The van der Waals surface area contributed by atoms with Crippen molar-refractivity contribution in [2.24, 2.45) is 0 Å². The molecular weight excluding hydrogens is 392 g/mol. The van der Waals surface area contributed by atoms with Crippen molar-refractivity contribution < 1.29 is 28.7 Å². The van der Waals surface area contributed by atoms with Crippen molar-refractivity contribution in [3.8, 4) is 0 Å². The van der Waals surface area contributed by atoms with Crippen LogP contribution in [0.1, 0.15) is 47.9 Å². The Morgan fingerprint density at radius 3 is 1.97 bits per heavy atom. The number of hydrogen-bond acceptors (Lipinski definition) is 6. The van der Waals surface area contributed by atoms with E-state index in [1.165, 1.54) is 0 Å². The topological polar surface area (TPSA) is 134 Å². The van der Waals surface area contributed by atoms with E-state index in [1.54, 1.807) is 45.0 Å². The maximum absolute atomic E-state index is 12.2. The number of fused-ring (bicyclic) bond motifs is 1. The molecule has 0 unspecified atom stereocenters. The van der Waals surface area contributed by atoms with Crippen LogP contribution >= 0.6 is 0 Å². The number of nitrogens with zero attached hydrogens (tertiary/aromatic N) is 1. The van der Waals surface area contributed by atoms with Crippen molar-refractivity contribution in [1.29, 1.82) is 0 Å². The first-order chi connectivity index (χ1) is 14.1. The molecule has 0 aliphatic carbocycles. The highest BCUT2D eigenvalue weighted by molar-refractivity contribution is 6.21. The smallest absolute Gasteiger partial charge is 0.408 e. The van der Waals surface area contributed by atoms with Gasteiger partial charge in [0.15, 0.2) is 0 Å². The molecule has 0 fully saturated rings. The first-order valence-electron chi connectivity index (χ1n) is 9.54. The summed E-state index contributed by atoms with van der Waals surface area (Å²) in [6, 6.07) is 6.51. The van der Waals surface area contributed by atoms with Crippen LogP contribution in [0.15, 0.2) is 24.3 Å². The van der Waals surface area contributed by atoms with Gasteiger partial charge in [-0.25, -0.2) is 4.79 Å². The SMILES string of the molecule is CC(C)(C)OC(=O)NCC(=O)NCCNC(=O)CCN1C(=O)c2ccccc2C1=O. The third kappa shape index (κ3) is 6.57. The number of benzene rings is 1. The van der Waals surface area contributed by atoms with E-state index in [9.17, 15) is 24.0 Å². The average Bonchev–Trinajstić information content (AvgIpc) is 2.91. The highest BCUT2D eigenvalue weighted by atomic mass is 16.6. The lowest BCUT2D eigenvalue weighted by Gasteiger charge is -2.19. The second kappa shape index (κ2) is 9.86. The number of ether oxygens (including phenoxy) is 1. The molecule has 0 atom stereocenters. The average molecular weight is 418 g/mol. The molecule has 162 valence electrons. The summed E-state index contributed by atoms with van der Waals surface area (Å²) in [6.07, 6.45) is -0.737. The van der Waals surface area contributed by atoms with Crippen LogP contribution in [-0.2, 0) is 14.3 Å². The highest BCUT2D eigenvalue weighted by Crippen LogP contribution is 2.22. The van der Waals surface area contributed by atoms with Gasteiger partial charge in [-0.2, -0.15) is 0 Å². The van der Waals surface area contributed by atoms with E-state index in [-0.39, 0.29) is 38.5 Å². The molecule has 1 aromatic carbocycles. The van der Waals surface area contributed by atoms with Crippen LogP contribution in [0.2, 0.25) is 0 Å². The molecule has 0 bridgehead atoms. The molecule has 1 heterocycles. The number of rotatable bonds is 8. The minimum atomic E-state index is -0.695.